The fourth-order valence-electron chi connectivity index (χ4n) is 2.82. The molecule has 2 amide bonds. The number of carbonyl (C=O) groups is 2. The van der Waals surface area contributed by atoms with E-state index in [-0.39, 0.29) is 24.3 Å². The Morgan fingerprint density at radius 1 is 1.32 bits per heavy atom. The molecule has 0 saturated heterocycles. The third-order valence-electron chi connectivity index (χ3n) is 4.21. The van der Waals surface area contributed by atoms with Crippen molar-refractivity contribution in [1.29, 1.82) is 0 Å². The molecular formula is C17H23ClN2O2. The Morgan fingerprint density at radius 3 is 2.41 bits per heavy atom. The van der Waals surface area contributed by atoms with Gasteiger partial charge in [0.25, 0.3) is 0 Å². The lowest BCUT2D eigenvalue weighted by molar-refractivity contribution is -0.135. The second-order valence-electron chi connectivity index (χ2n) is 5.77. The molecule has 120 valence electrons. The summed E-state index contributed by atoms with van der Waals surface area (Å²) in [6, 6.07) is 7.34. The summed E-state index contributed by atoms with van der Waals surface area (Å²) >= 11 is 5.91. The van der Waals surface area contributed by atoms with Crippen LogP contribution in [0.15, 0.2) is 24.3 Å². The van der Waals surface area contributed by atoms with Crippen molar-refractivity contribution in [2.24, 2.45) is 0 Å². The maximum atomic E-state index is 12.6. The molecule has 1 N–H and O–H groups in total. The van der Waals surface area contributed by atoms with E-state index in [0.717, 1.165) is 24.9 Å². The highest BCUT2D eigenvalue weighted by molar-refractivity contribution is 6.30. The Kier molecular flexibility index (Phi) is 5.83. The molecule has 0 radical (unpaired) electrons. The van der Waals surface area contributed by atoms with E-state index in [1.54, 1.807) is 12.1 Å². The first-order valence-electron chi connectivity index (χ1n) is 7.83. The normalized spacial score (nSPS) is 15.8. The van der Waals surface area contributed by atoms with Gasteiger partial charge in [-0.15, -0.1) is 0 Å². The number of nitrogens with one attached hydrogen (secondary N) is 1. The predicted molar refractivity (Wildman–Crippen MR) is 87.7 cm³/mol. The molecule has 0 unspecified atom stereocenters. The van der Waals surface area contributed by atoms with Gasteiger partial charge in [-0.05, 0) is 43.9 Å². The van der Waals surface area contributed by atoms with Gasteiger partial charge in [0.1, 0.15) is 0 Å². The second-order valence-corrected chi connectivity index (χ2v) is 6.21. The van der Waals surface area contributed by atoms with E-state index >= 15 is 0 Å². The third-order valence-corrected chi connectivity index (χ3v) is 4.46. The van der Waals surface area contributed by atoms with Crippen LogP contribution < -0.4 is 5.32 Å². The van der Waals surface area contributed by atoms with E-state index in [2.05, 4.69) is 5.32 Å². The van der Waals surface area contributed by atoms with E-state index < -0.39 is 0 Å². The first kappa shape index (κ1) is 16.8. The molecule has 0 aliphatic heterocycles. The molecule has 4 nitrogen and oxygen atoms in total. The highest BCUT2D eigenvalue weighted by Gasteiger charge is 2.29. The van der Waals surface area contributed by atoms with E-state index in [4.69, 9.17) is 11.6 Å². The zero-order valence-corrected chi connectivity index (χ0v) is 13.9. The van der Waals surface area contributed by atoms with Crippen LogP contribution in [0.5, 0.6) is 0 Å². The number of rotatable bonds is 6. The smallest absolute Gasteiger partial charge is 0.225 e. The van der Waals surface area contributed by atoms with Crippen molar-refractivity contribution < 1.29 is 9.59 Å². The van der Waals surface area contributed by atoms with Gasteiger partial charge < -0.3 is 10.2 Å². The molecule has 2 rings (SSSR count). The van der Waals surface area contributed by atoms with Crippen LogP contribution in [0.25, 0.3) is 0 Å². The minimum atomic E-state index is -0.309. The van der Waals surface area contributed by atoms with Gasteiger partial charge in [0.15, 0.2) is 0 Å². The minimum absolute atomic E-state index is 0.0981. The molecule has 1 saturated carbocycles. The first-order chi connectivity index (χ1) is 10.5. The topological polar surface area (TPSA) is 49.4 Å². The second kappa shape index (κ2) is 7.63. The average Bonchev–Trinajstić information content (AvgIpc) is 2.42. The fraction of sp³-hybridized carbons (Fsp3) is 0.529. The van der Waals surface area contributed by atoms with Crippen LogP contribution in [0.2, 0.25) is 5.02 Å². The number of carbonyl (C=O) groups excluding carboxylic acids is 2. The summed E-state index contributed by atoms with van der Waals surface area (Å²) in [4.78, 5) is 26.0. The molecule has 0 aromatic heterocycles. The average molecular weight is 323 g/mol. The quantitative estimate of drug-likeness (QED) is 0.873. The molecule has 1 fully saturated rings. The van der Waals surface area contributed by atoms with Gasteiger partial charge in [-0.3, -0.25) is 9.59 Å². The number of hydrogen-bond acceptors (Lipinski definition) is 2. The van der Waals surface area contributed by atoms with Crippen LogP contribution >= 0.6 is 11.6 Å². The molecule has 22 heavy (non-hydrogen) atoms. The van der Waals surface area contributed by atoms with Crippen LogP contribution in [0.1, 0.15) is 51.1 Å². The summed E-state index contributed by atoms with van der Waals surface area (Å²) in [6.07, 6.45) is 3.66. The van der Waals surface area contributed by atoms with Crippen molar-refractivity contribution in [3.63, 3.8) is 0 Å². The summed E-state index contributed by atoms with van der Waals surface area (Å²) in [5.41, 5.74) is 0.901. The number of nitrogens with zero attached hydrogens (tertiary/aromatic N) is 1. The number of halogens is 1. The standard InChI is InChI=1S/C17H23ClN2O2/c1-3-20(15-5-4-6-15)17(22)11-16(19-12(2)21)13-7-9-14(18)10-8-13/h7-10,15-16H,3-6,11H2,1-2H3,(H,19,21)/t16-/m0/s1. The molecule has 0 heterocycles. The van der Waals surface area contributed by atoms with Crippen molar-refractivity contribution in [3.05, 3.63) is 34.9 Å². The van der Waals surface area contributed by atoms with Gasteiger partial charge in [-0.1, -0.05) is 23.7 Å². The zero-order valence-electron chi connectivity index (χ0n) is 13.1. The van der Waals surface area contributed by atoms with Gasteiger partial charge in [-0.2, -0.15) is 0 Å². The lowest BCUT2D eigenvalue weighted by atomic mass is 9.90. The van der Waals surface area contributed by atoms with E-state index in [9.17, 15) is 9.59 Å². The van der Waals surface area contributed by atoms with Crippen molar-refractivity contribution in [1.82, 2.24) is 10.2 Å². The molecule has 5 heteroatoms. The monoisotopic (exact) mass is 322 g/mol. The summed E-state index contributed by atoms with van der Waals surface area (Å²) in [6.45, 7) is 4.19. The van der Waals surface area contributed by atoms with Gasteiger partial charge in [-0.25, -0.2) is 0 Å². The van der Waals surface area contributed by atoms with Gasteiger partial charge in [0.2, 0.25) is 11.8 Å². The zero-order chi connectivity index (χ0) is 16.1. The molecule has 1 aromatic carbocycles. The minimum Gasteiger partial charge on any atom is -0.349 e. The van der Waals surface area contributed by atoms with Crippen LogP contribution in [-0.2, 0) is 9.59 Å². The van der Waals surface area contributed by atoms with Crippen LogP contribution in [-0.4, -0.2) is 29.3 Å². The Balaban J connectivity index is 2.09. The predicted octanol–water partition coefficient (Wildman–Crippen LogP) is 3.31. The molecule has 1 atom stereocenters. The SMILES string of the molecule is CCN(C(=O)C[C@H](NC(C)=O)c1ccc(Cl)cc1)C1CCC1. The Morgan fingerprint density at radius 2 is 1.95 bits per heavy atom. The Labute approximate surface area is 136 Å². The highest BCUT2D eigenvalue weighted by atomic mass is 35.5. The summed E-state index contributed by atoms with van der Waals surface area (Å²) in [7, 11) is 0. The third kappa shape index (κ3) is 4.23. The van der Waals surface area contributed by atoms with E-state index in [1.165, 1.54) is 13.3 Å². The van der Waals surface area contributed by atoms with Crippen molar-refractivity contribution in [2.45, 2.75) is 51.6 Å². The summed E-state index contributed by atoms with van der Waals surface area (Å²) in [5, 5.41) is 3.51. The van der Waals surface area contributed by atoms with Gasteiger partial charge in [0.05, 0.1) is 12.5 Å². The van der Waals surface area contributed by atoms with Crippen molar-refractivity contribution >= 4 is 23.4 Å². The highest BCUT2D eigenvalue weighted by Crippen LogP contribution is 2.27. The van der Waals surface area contributed by atoms with E-state index in [0.29, 0.717) is 11.1 Å². The Bertz CT molecular complexity index is 526. The maximum Gasteiger partial charge on any atom is 0.225 e. The Hall–Kier alpha value is -1.55. The number of amides is 2. The lowest BCUT2D eigenvalue weighted by Gasteiger charge is -2.37. The largest absolute Gasteiger partial charge is 0.349 e. The summed E-state index contributed by atoms with van der Waals surface area (Å²) < 4.78 is 0. The summed E-state index contributed by atoms with van der Waals surface area (Å²) in [5.74, 6) is -0.0413. The van der Waals surface area contributed by atoms with Gasteiger partial charge >= 0.3 is 0 Å². The van der Waals surface area contributed by atoms with E-state index in [1.807, 2.05) is 24.0 Å². The molecular weight excluding hydrogens is 300 g/mol. The molecule has 0 bridgehead atoms. The van der Waals surface area contributed by atoms with Gasteiger partial charge in [0, 0.05) is 24.5 Å². The fourth-order valence-corrected chi connectivity index (χ4v) is 2.95. The first-order valence-corrected chi connectivity index (χ1v) is 8.21. The maximum absolute atomic E-state index is 12.6. The van der Waals surface area contributed by atoms with Crippen LogP contribution in [0.3, 0.4) is 0 Å². The molecule has 1 aliphatic carbocycles. The molecule has 0 spiro atoms. The van der Waals surface area contributed by atoms with Crippen molar-refractivity contribution in [2.75, 3.05) is 6.54 Å². The number of benzene rings is 1. The lowest BCUT2D eigenvalue weighted by Crippen LogP contribution is -2.45. The number of hydrogen-bond donors (Lipinski definition) is 1. The van der Waals surface area contributed by atoms with Crippen LogP contribution in [0, 0.1) is 0 Å². The van der Waals surface area contributed by atoms with Crippen LogP contribution in [0.4, 0.5) is 0 Å². The molecule has 1 aromatic rings. The van der Waals surface area contributed by atoms with Crippen molar-refractivity contribution in [3.8, 4) is 0 Å². The molecule has 1 aliphatic rings.